The molecular formula is C19H16N4O4S. The fourth-order valence-electron chi connectivity index (χ4n) is 2.71. The summed E-state index contributed by atoms with van der Waals surface area (Å²) >= 11 is 5.15. The number of nitro groups is 1. The Hall–Kier alpha value is -3.46. The molecule has 1 atom stereocenters. The van der Waals surface area contributed by atoms with Gasteiger partial charge >= 0.3 is 0 Å². The van der Waals surface area contributed by atoms with Crippen LogP contribution >= 0.6 is 12.2 Å². The molecule has 2 aromatic rings. The minimum absolute atomic E-state index is 0.00928. The number of aryl methyl sites for hydroxylation is 2. The molecular weight excluding hydrogens is 380 g/mol. The molecule has 1 aliphatic rings. The van der Waals surface area contributed by atoms with Crippen LogP contribution in [0.15, 0.2) is 47.5 Å². The van der Waals surface area contributed by atoms with Gasteiger partial charge in [-0.1, -0.05) is 17.7 Å². The molecule has 2 amide bonds. The van der Waals surface area contributed by atoms with Gasteiger partial charge in [0, 0.05) is 18.3 Å². The van der Waals surface area contributed by atoms with Crippen LogP contribution < -0.4 is 10.2 Å². The summed E-state index contributed by atoms with van der Waals surface area (Å²) < 4.78 is 0. The predicted molar refractivity (Wildman–Crippen MR) is 109 cm³/mol. The number of carbonyl (C=O) groups is 2. The summed E-state index contributed by atoms with van der Waals surface area (Å²) in [5.74, 6) is -2.25. The van der Waals surface area contributed by atoms with Crippen molar-refractivity contribution in [3.8, 4) is 0 Å². The molecule has 0 aromatic heterocycles. The average molecular weight is 396 g/mol. The third-order valence-electron chi connectivity index (χ3n) is 4.25. The quantitative estimate of drug-likeness (QED) is 0.281. The maximum atomic E-state index is 12.9. The molecule has 2 aromatic carbocycles. The zero-order valence-electron chi connectivity index (χ0n) is 15.1. The van der Waals surface area contributed by atoms with Crippen molar-refractivity contribution in [3.63, 3.8) is 0 Å². The molecule has 0 unspecified atom stereocenters. The SMILES string of the molecule is Cc1ccc(N2C(=O)[C@H](C=Nc3ccc([N+](=O)[O-])cc3C)C(=O)NC2=S)cc1. The van der Waals surface area contributed by atoms with E-state index in [9.17, 15) is 19.7 Å². The van der Waals surface area contributed by atoms with E-state index in [1.54, 1.807) is 19.1 Å². The van der Waals surface area contributed by atoms with Crippen LogP contribution in [0, 0.1) is 29.9 Å². The highest BCUT2D eigenvalue weighted by Crippen LogP contribution is 2.25. The Morgan fingerprint density at radius 2 is 1.86 bits per heavy atom. The van der Waals surface area contributed by atoms with Crippen molar-refractivity contribution in [1.82, 2.24) is 5.32 Å². The number of hydrogen-bond acceptors (Lipinski definition) is 6. The summed E-state index contributed by atoms with van der Waals surface area (Å²) in [6, 6.07) is 11.3. The number of amides is 2. The van der Waals surface area contributed by atoms with Crippen molar-refractivity contribution >= 4 is 52.4 Å². The van der Waals surface area contributed by atoms with E-state index in [-0.39, 0.29) is 10.8 Å². The normalized spacial score (nSPS) is 17.1. The van der Waals surface area contributed by atoms with Gasteiger partial charge in [0.1, 0.15) is 0 Å². The first-order valence-corrected chi connectivity index (χ1v) is 8.73. The largest absolute Gasteiger partial charge is 0.301 e. The van der Waals surface area contributed by atoms with E-state index < -0.39 is 22.7 Å². The molecule has 3 rings (SSSR count). The van der Waals surface area contributed by atoms with Crippen molar-refractivity contribution < 1.29 is 14.5 Å². The van der Waals surface area contributed by atoms with Gasteiger partial charge in [0.25, 0.3) is 11.6 Å². The molecule has 1 saturated heterocycles. The molecule has 142 valence electrons. The first kappa shape index (κ1) is 19.3. The maximum absolute atomic E-state index is 12.9. The molecule has 0 aliphatic carbocycles. The van der Waals surface area contributed by atoms with Crippen LogP contribution in [0.4, 0.5) is 17.1 Å². The third-order valence-corrected chi connectivity index (χ3v) is 4.53. The number of anilines is 1. The Morgan fingerprint density at radius 3 is 2.46 bits per heavy atom. The van der Waals surface area contributed by atoms with Crippen LogP contribution in [0.5, 0.6) is 0 Å². The van der Waals surface area contributed by atoms with Crippen LogP contribution in [0.25, 0.3) is 0 Å². The van der Waals surface area contributed by atoms with Gasteiger partial charge in [-0.05, 0) is 49.8 Å². The summed E-state index contributed by atoms with van der Waals surface area (Å²) in [5, 5.41) is 13.4. The Bertz CT molecular complexity index is 1020. The average Bonchev–Trinajstić information content (AvgIpc) is 2.63. The van der Waals surface area contributed by atoms with Gasteiger partial charge in [-0.2, -0.15) is 0 Å². The van der Waals surface area contributed by atoms with Crippen LogP contribution in [0.1, 0.15) is 11.1 Å². The van der Waals surface area contributed by atoms with Crippen LogP contribution in [0.2, 0.25) is 0 Å². The van der Waals surface area contributed by atoms with E-state index in [1.807, 2.05) is 19.1 Å². The number of nitro benzene ring substituents is 1. The Labute approximate surface area is 166 Å². The number of hydrogen-bond donors (Lipinski definition) is 1. The number of non-ortho nitro benzene ring substituents is 1. The first-order chi connectivity index (χ1) is 13.3. The highest BCUT2D eigenvalue weighted by Gasteiger charge is 2.38. The summed E-state index contributed by atoms with van der Waals surface area (Å²) in [6.45, 7) is 3.58. The van der Waals surface area contributed by atoms with E-state index >= 15 is 0 Å². The van der Waals surface area contributed by atoms with Gasteiger partial charge in [0.2, 0.25) is 5.91 Å². The summed E-state index contributed by atoms with van der Waals surface area (Å²) in [7, 11) is 0. The smallest absolute Gasteiger partial charge is 0.269 e. The second kappa shape index (κ2) is 7.65. The minimum atomic E-state index is -1.16. The zero-order chi connectivity index (χ0) is 20.4. The summed E-state index contributed by atoms with van der Waals surface area (Å²) in [4.78, 5) is 40.9. The lowest BCUT2D eigenvalue weighted by Crippen LogP contribution is -2.58. The summed E-state index contributed by atoms with van der Waals surface area (Å²) in [6.07, 6.45) is 1.23. The van der Waals surface area contributed by atoms with Crippen molar-refractivity contribution in [1.29, 1.82) is 0 Å². The van der Waals surface area contributed by atoms with Crippen molar-refractivity contribution in [2.75, 3.05) is 4.90 Å². The Balaban J connectivity index is 1.88. The van der Waals surface area contributed by atoms with E-state index in [0.29, 0.717) is 16.9 Å². The third kappa shape index (κ3) is 3.79. The van der Waals surface area contributed by atoms with E-state index in [2.05, 4.69) is 10.3 Å². The second-order valence-electron chi connectivity index (χ2n) is 6.29. The fraction of sp³-hybridized carbons (Fsp3) is 0.158. The molecule has 9 heteroatoms. The molecule has 0 radical (unpaired) electrons. The second-order valence-corrected chi connectivity index (χ2v) is 6.67. The molecule has 0 bridgehead atoms. The monoisotopic (exact) mass is 396 g/mol. The van der Waals surface area contributed by atoms with Gasteiger partial charge in [0.15, 0.2) is 11.0 Å². The molecule has 28 heavy (non-hydrogen) atoms. The lowest BCUT2D eigenvalue weighted by molar-refractivity contribution is -0.384. The molecule has 1 fully saturated rings. The highest BCUT2D eigenvalue weighted by atomic mass is 32.1. The lowest BCUT2D eigenvalue weighted by atomic mass is 10.1. The molecule has 1 heterocycles. The number of carbonyl (C=O) groups excluding carboxylic acids is 2. The standard InChI is InChI=1S/C19H16N4O4S/c1-11-3-5-13(6-4-11)22-18(25)15(17(24)21-19(22)28)10-20-16-8-7-14(23(26)27)9-12(16)2/h3-10,15H,1-2H3,(H,21,24,28)/t15-/m1/s1. The van der Waals surface area contributed by atoms with Crippen molar-refractivity contribution in [2.45, 2.75) is 13.8 Å². The Morgan fingerprint density at radius 1 is 1.18 bits per heavy atom. The van der Waals surface area contributed by atoms with Gasteiger partial charge < -0.3 is 5.32 Å². The van der Waals surface area contributed by atoms with Crippen molar-refractivity contribution in [2.24, 2.45) is 10.9 Å². The van der Waals surface area contributed by atoms with E-state index in [4.69, 9.17) is 12.2 Å². The van der Waals surface area contributed by atoms with Crippen LogP contribution in [-0.2, 0) is 9.59 Å². The molecule has 1 aliphatic heterocycles. The fourth-order valence-corrected chi connectivity index (χ4v) is 3.01. The van der Waals surface area contributed by atoms with Crippen LogP contribution in [0.3, 0.4) is 0 Å². The van der Waals surface area contributed by atoms with E-state index in [0.717, 1.165) is 5.56 Å². The highest BCUT2D eigenvalue weighted by molar-refractivity contribution is 7.80. The van der Waals surface area contributed by atoms with Crippen LogP contribution in [-0.4, -0.2) is 28.1 Å². The molecule has 0 spiro atoms. The number of nitrogens with zero attached hydrogens (tertiary/aromatic N) is 3. The number of aliphatic imine (C=N–C) groups is 1. The number of rotatable bonds is 4. The van der Waals surface area contributed by atoms with Gasteiger partial charge in [-0.15, -0.1) is 0 Å². The number of nitrogens with one attached hydrogen (secondary N) is 1. The predicted octanol–water partition coefficient (Wildman–Crippen LogP) is 2.98. The summed E-state index contributed by atoms with van der Waals surface area (Å²) in [5.41, 5.74) is 2.50. The molecule has 0 saturated carbocycles. The molecule has 1 N–H and O–H groups in total. The van der Waals surface area contributed by atoms with Gasteiger partial charge in [0.05, 0.1) is 16.3 Å². The molecule has 8 nitrogen and oxygen atoms in total. The van der Waals surface area contributed by atoms with E-state index in [1.165, 1.54) is 29.3 Å². The topological polar surface area (TPSA) is 105 Å². The van der Waals surface area contributed by atoms with Crippen molar-refractivity contribution in [3.05, 3.63) is 63.7 Å². The zero-order valence-corrected chi connectivity index (χ0v) is 15.9. The number of benzene rings is 2. The number of thiocarbonyl (C=S) groups is 1. The minimum Gasteiger partial charge on any atom is -0.301 e. The van der Waals surface area contributed by atoms with Gasteiger partial charge in [-0.3, -0.25) is 29.6 Å². The maximum Gasteiger partial charge on any atom is 0.269 e. The van der Waals surface area contributed by atoms with Gasteiger partial charge in [-0.25, -0.2) is 0 Å². The first-order valence-electron chi connectivity index (χ1n) is 8.32. The lowest BCUT2D eigenvalue weighted by Gasteiger charge is -2.31. The Kier molecular flexibility index (Phi) is 5.27.